The van der Waals surface area contributed by atoms with E-state index in [1.54, 1.807) is 53.4 Å². The summed E-state index contributed by atoms with van der Waals surface area (Å²) < 4.78 is 95.6. The Labute approximate surface area is 394 Å². The molecule has 3 amide bonds. The first-order valence-electron chi connectivity index (χ1n) is 22.4. The number of benzene rings is 2. The predicted octanol–water partition coefficient (Wildman–Crippen LogP) is 9.52. The number of hydrogen-bond acceptors (Lipinski definition) is 9. The first-order chi connectivity index (χ1) is 31.7. The van der Waals surface area contributed by atoms with Crippen LogP contribution in [0.5, 0.6) is 11.8 Å². The fraction of sp³-hybridized carbons (Fsp3) is 0.500. The lowest BCUT2D eigenvalue weighted by atomic mass is 9.84. The Morgan fingerprint density at radius 2 is 1.01 bits per heavy atom. The van der Waals surface area contributed by atoms with E-state index >= 15 is 0 Å². The number of piperidine rings is 2. The van der Waals surface area contributed by atoms with Crippen LogP contribution in [0.25, 0.3) is 0 Å². The van der Waals surface area contributed by atoms with Crippen molar-refractivity contribution in [1.29, 1.82) is 0 Å². The highest BCUT2D eigenvalue weighted by Crippen LogP contribution is 2.37. The van der Waals surface area contributed by atoms with Gasteiger partial charge >= 0.3 is 18.4 Å². The third kappa shape index (κ3) is 14.8. The van der Waals surface area contributed by atoms with Gasteiger partial charge in [0.15, 0.2) is 0 Å². The van der Waals surface area contributed by atoms with Crippen LogP contribution in [0.2, 0.25) is 0 Å². The van der Waals surface area contributed by atoms with E-state index in [4.69, 9.17) is 14.2 Å². The maximum Gasteiger partial charge on any atom is 0.421 e. The maximum atomic E-state index is 13.3. The Bertz CT molecular complexity index is 2290. The fourth-order valence-corrected chi connectivity index (χ4v) is 7.78. The number of pyridine rings is 2. The Balaban J connectivity index is 0.000000258. The summed E-state index contributed by atoms with van der Waals surface area (Å²) in [4.78, 5) is 50.3. The molecule has 2 fully saturated rings. The Morgan fingerprint density at radius 1 is 0.603 bits per heavy atom. The highest BCUT2D eigenvalue weighted by Gasteiger charge is 2.41. The molecule has 2 aromatic carbocycles. The van der Waals surface area contributed by atoms with Crippen molar-refractivity contribution >= 4 is 17.9 Å². The van der Waals surface area contributed by atoms with Gasteiger partial charge in [0.25, 0.3) is 0 Å². The maximum absolute atomic E-state index is 13.3. The first-order valence-corrected chi connectivity index (χ1v) is 22.4. The van der Waals surface area contributed by atoms with E-state index < -0.39 is 57.8 Å². The minimum Gasteiger partial charge on any atom is -0.476 e. The van der Waals surface area contributed by atoms with Crippen molar-refractivity contribution < 1.29 is 54.9 Å². The van der Waals surface area contributed by atoms with Crippen LogP contribution in [0.15, 0.2) is 97.3 Å². The molecule has 2 saturated heterocycles. The number of alkyl halides is 6. The van der Waals surface area contributed by atoms with Crippen molar-refractivity contribution in [2.24, 2.45) is 10.8 Å². The van der Waals surface area contributed by atoms with Gasteiger partial charge in [-0.05, 0) is 110 Å². The van der Waals surface area contributed by atoms with Gasteiger partial charge in [-0.25, -0.2) is 14.8 Å². The van der Waals surface area contributed by atoms with Crippen LogP contribution < -0.4 is 20.1 Å². The van der Waals surface area contributed by atoms with Gasteiger partial charge in [-0.1, -0.05) is 60.7 Å². The minimum atomic E-state index is -4.62. The third-order valence-corrected chi connectivity index (χ3v) is 11.7. The van der Waals surface area contributed by atoms with Crippen molar-refractivity contribution in [3.63, 3.8) is 0 Å². The van der Waals surface area contributed by atoms with Crippen LogP contribution >= 0.6 is 0 Å². The average Bonchev–Trinajstić information content (AvgIpc) is 3.28. The zero-order valence-corrected chi connectivity index (χ0v) is 39.7. The number of amides is 3. The number of hydrogen-bond donors (Lipinski definition) is 2. The molecule has 0 bridgehead atoms. The fourth-order valence-electron chi connectivity index (χ4n) is 7.78. The summed E-state index contributed by atoms with van der Waals surface area (Å²) in [5.74, 6) is -1.77. The molecular weight excluding hydrogens is 895 g/mol. The number of likely N-dealkylation sites (tertiary alicyclic amines) is 2. The molecule has 2 aliphatic heterocycles. The average molecular weight is 957 g/mol. The van der Waals surface area contributed by atoms with Gasteiger partial charge in [0.1, 0.15) is 29.9 Å². The number of likely N-dealkylation sites (N-methyl/N-ethyl adjacent to an activating group) is 1. The summed E-state index contributed by atoms with van der Waals surface area (Å²) in [6.07, 6.45) is -5.89. The lowest BCUT2D eigenvalue weighted by Crippen LogP contribution is -2.54. The third-order valence-electron chi connectivity index (χ3n) is 11.7. The molecule has 2 aromatic heterocycles. The van der Waals surface area contributed by atoms with Gasteiger partial charge < -0.3 is 34.6 Å². The standard InChI is InChI=1S/C27H34F3N3O4.C23H28F3N3O2/c1-25(2,3)37-24(35)33-15-13-21(19(16-33)18-10-7-6-8-11-18)32-23(34)26(4,5)17-36-22-20(27(28,29)30)12-9-14-31-22;1-22(2,15-31-20-18(23(24,25)26)10-7-12-27-20)21(30)28-19-11-13-29(3)14-17(19)16-8-5-4-6-9-16/h6-12,14,19,21H,13,15-17H2,1-5H3,(H,32,34);4-10,12,17,19H,11,13-15H2,1-3H3,(H,28,30)/t19-,21+;17-,19+/m10/s1. The van der Waals surface area contributed by atoms with Crippen molar-refractivity contribution in [2.45, 2.75) is 103 Å². The molecule has 370 valence electrons. The van der Waals surface area contributed by atoms with E-state index in [0.717, 1.165) is 42.8 Å². The van der Waals surface area contributed by atoms with E-state index in [0.29, 0.717) is 19.5 Å². The van der Waals surface area contributed by atoms with Gasteiger partial charge in [0.05, 0.1) is 10.8 Å². The molecule has 12 nitrogen and oxygen atoms in total. The molecule has 0 spiro atoms. The number of carbonyl (C=O) groups is 3. The van der Waals surface area contributed by atoms with Crippen molar-refractivity contribution in [2.75, 3.05) is 46.4 Å². The summed E-state index contributed by atoms with van der Waals surface area (Å²) >= 11 is 0. The van der Waals surface area contributed by atoms with Crippen LogP contribution in [0, 0.1) is 10.8 Å². The molecule has 18 heteroatoms. The van der Waals surface area contributed by atoms with E-state index in [1.165, 1.54) is 24.5 Å². The Kier molecular flexibility index (Phi) is 17.2. The molecule has 4 heterocycles. The molecule has 68 heavy (non-hydrogen) atoms. The molecule has 2 aliphatic rings. The number of aromatic nitrogens is 2. The number of ether oxygens (including phenoxy) is 3. The smallest absolute Gasteiger partial charge is 0.421 e. The summed E-state index contributed by atoms with van der Waals surface area (Å²) in [6, 6.07) is 23.4. The number of nitrogens with one attached hydrogen (secondary N) is 2. The van der Waals surface area contributed by atoms with Gasteiger partial charge in [-0.15, -0.1) is 0 Å². The zero-order valence-electron chi connectivity index (χ0n) is 39.7. The second-order valence-electron chi connectivity index (χ2n) is 19.5. The minimum absolute atomic E-state index is 0.0639. The van der Waals surface area contributed by atoms with E-state index in [1.807, 2.05) is 48.5 Å². The summed E-state index contributed by atoms with van der Waals surface area (Å²) in [7, 11) is 2.05. The second-order valence-corrected chi connectivity index (χ2v) is 19.5. The van der Waals surface area contributed by atoms with Gasteiger partial charge in [-0.3, -0.25) is 9.59 Å². The van der Waals surface area contributed by atoms with Crippen LogP contribution in [0.3, 0.4) is 0 Å². The summed E-state index contributed by atoms with van der Waals surface area (Å²) in [5.41, 5.74) is -2.66. The number of carbonyl (C=O) groups excluding carboxylic acids is 3. The second kappa shape index (κ2) is 22.0. The van der Waals surface area contributed by atoms with Gasteiger partial charge in [0.2, 0.25) is 23.6 Å². The largest absolute Gasteiger partial charge is 0.476 e. The quantitative estimate of drug-likeness (QED) is 0.133. The highest BCUT2D eigenvalue weighted by molar-refractivity contribution is 5.83. The molecule has 2 N–H and O–H groups in total. The predicted molar refractivity (Wildman–Crippen MR) is 244 cm³/mol. The SMILES string of the molecule is CC(C)(C)OC(=O)N1CC[C@H](NC(=O)C(C)(C)COc2ncccc2C(F)(F)F)[C@@H](c2ccccc2)C1.CN1CC[C@@H](NC(=O)C(C)(C)COc2ncccc2C(F)(F)F)[C@H](c2ccccc2)C1. The van der Waals surface area contributed by atoms with Crippen molar-refractivity contribution in [3.8, 4) is 11.8 Å². The van der Waals surface area contributed by atoms with Crippen LogP contribution in [0.1, 0.15) is 95.4 Å². The molecule has 0 saturated carbocycles. The molecule has 4 atom stereocenters. The molecule has 0 aliphatic carbocycles. The van der Waals surface area contributed by atoms with Crippen molar-refractivity contribution in [3.05, 3.63) is 120 Å². The molecular formula is C50H62F6N6O6. The lowest BCUT2D eigenvalue weighted by molar-refractivity contribution is -0.141. The summed E-state index contributed by atoms with van der Waals surface area (Å²) in [5, 5.41) is 6.18. The van der Waals surface area contributed by atoms with Crippen LogP contribution in [-0.2, 0) is 26.7 Å². The van der Waals surface area contributed by atoms with Gasteiger partial charge in [-0.2, -0.15) is 26.3 Å². The van der Waals surface area contributed by atoms with Crippen LogP contribution in [-0.4, -0.2) is 102 Å². The first kappa shape index (κ1) is 53.1. The molecule has 6 rings (SSSR count). The Morgan fingerprint density at radius 3 is 1.43 bits per heavy atom. The summed E-state index contributed by atoms with van der Waals surface area (Å²) in [6.45, 7) is 13.8. The lowest BCUT2D eigenvalue weighted by Gasteiger charge is -2.40. The molecule has 4 aromatic rings. The number of nitrogens with zero attached hydrogens (tertiary/aromatic N) is 4. The van der Waals surface area contributed by atoms with E-state index in [9.17, 15) is 40.7 Å². The normalized spacial score (nSPS) is 19.5. The zero-order chi connectivity index (χ0) is 50.1. The Hall–Kier alpha value is -5.91. The highest BCUT2D eigenvalue weighted by atomic mass is 19.4. The topological polar surface area (TPSA) is 135 Å². The van der Waals surface area contributed by atoms with Gasteiger partial charge in [0, 0.05) is 55.9 Å². The van der Waals surface area contributed by atoms with E-state index in [-0.39, 0.29) is 48.9 Å². The molecule has 0 radical (unpaired) electrons. The van der Waals surface area contributed by atoms with Crippen LogP contribution in [0.4, 0.5) is 31.1 Å². The number of rotatable bonds is 12. The number of halogens is 6. The molecule has 0 unspecified atom stereocenters. The monoisotopic (exact) mass is 956 g/mol. The van der Waals surface area contributed by atoms with E-state index in [2.05, 4.69) is 44.7 Å². The van der Waals surface area contributed by atoms with Crippen molar-refractivity contribution in [1.82, 2.24) is 30.4 Å².